The maximum absolute atomic E-state index is 12.3. The first kappa shape index (κ1) is 15.8. The number of carbonyl (C=O) groups excluding carboxylic acids is 1. The number of aliphatic hydroxyl groups is 1. The zero-order valence-electron chi connectivity index (χ0n) is 12.5. The first-order chi connectivity index (χ1) is 10.2. The minimum atomic E-state index is -0.123. The average molecular weight is 292 g/mol. The predicted molar refractivity (Wildman–Crippen MR) is 82.1 cm³/mol. The van der Waals surface area contributed by atoms with Gasteiger partial charge in [-0.25, -0.2) is 0 Å². The Morgan fingerprint density at radius 1 is 1.43 bits per heavy atom. The highest BCUT2D eigenvalue weighted by Gasteiger charge is 2.28. The summed E-state index contributed by atoms with van der Waals surface area (Å²) in [4.78, 5) is 12.3. The standard InChI is InChI=1S/C16H24N2O3/c1-2-21-15-8-7-12(9-11(15)10-19)18-16(20)13-5-3-4-6-14(13)17/h7-9,13-14,19H,2-6,10,17H2,1H3,(H,18,20). The van der Waals surface area contributed by atoms with E-state index in [2.05, 4.69) is 5.32 Å². The molecule has 2 rings (SSSR count). The maximum Gasteiger partial charge on any atom is 0.229 e. The summed E-state index contributed by atoms with van der Waals surface area (Å²) < 4.78 is 5.43. The molecule has 5 heteroatoms. The Kier molecular flexibility index (Phi) is 5.59. The topological polar surface area (TPSA) is 84.6 Å². The van der Waals surface area contributed by atoms with Crippen LogP contribution in [0.2, 0.25) is 0 Å². The van der Waals surface area contributed by atoms with Gasteiger partial charge in [-0.3, -0.25) is 4.79 Å². The number of rotatable bonds is 5. The van der Waals surface area contributed by atoms with Gasteiger partial charge in [-0.05, 0) is 38.0 Å². The van der Waals surface area contributed by atoms with Crippen molar-refractivity contribution in [2.75, 3.05) is 11.9 Å². The van der Waals surface area contributed by atoms with Crippen molar-refractivity contribution in [3.8, 4) is 5.75 Å². The van der Waals surface area contributed by atoms with Crippen molar-refractivity contribution in [1.29, 1.82) is 0 Å². The molecule has 4 N–H and O–H groups in total. The lowest BCUT2D eigenvalue weighted by atomic mass is 9.84. The number of aliphatic hydroxyl groups excluding tert-OH is 1. The van der Waals surface area contributed by atoms with Gasteiger partial charge in [0.05, 0.1) is 19.1 Å². The first-order valence-electron chi connectivity index (χ1n) is 7.58. The number of nitrogens with two attached hydrogens (primary N) is 1. The second kappa shape index (κ2) is 7.43. The van der Waals surface area contributed by atoms with Crippen molar-refractivity contribution in [1.82, 2.24) is 0 Å². The predicted octanol–water partition coefficient (Wildman–Crippen LogP) is 2.03. The van der Waals surface area contributed by atoms with Gasteiger partial charge in [-0.2, -0.15) is 0 Å². The molecule has 2 unspecified atom stereocenters. The van der Waals surface area contributed by atoms with Crippen molar-refractivity contribution in [3.63, 3.8) is 0 Å². The maximum atomic E-state index is 12.3. The van der Waals surface area contributed by atoms with Crippen LogP contribution in [-0.2, 0) is 11.4 Å². The molecule has 116 valence electrons. The summed E-state index contributed by atoms with van der Waals surface area (Å²) in [6.45, 7) is 2.30. The molecule has 1 fully saturated rings. The highest BCUT2D eigenvalue weighted by atomic mass is 16.5. The number of hydrogen-bond acceptors (Lipinski definition) is 4. The monoisotopic (exact) mass is 292 g/mol. The molecular weight excluding hydrogens is 268 g/mol. The molecule has 1 aliphatic carbocycles. The third kappa shape index (κ3) is 3.95. The molecule has 21 heavy (non-hydrogen) atoms. The van der Waals surface area contributed by atoms with E-state index in [1.54, 1.807) is 18.2 Å². The summed E-state index contributed by atoms with van der Waals surface area (Å²) in [5.41, 5.74) is 7.37. The fraction of sp³-hybridized carbons (Fsp3) is 0.562. The van der Waals surface area contributed by atoms with Crippen LogP contribution >= 0.6 is 0 Å². The highest BCUT2D eigenvalue weighted by Crippen LogP contribution is 2.26. The Balaban J connectivity index is 2.06. The van der Waals surface area contributed by atoms with Crippen molar-refractivity contribution < 1.29 is 14.6 Å². The molecule has 0 aliphatic heterocycles. The molecule has 1 aromatic carbocycles. The first-order valence-corrected chi connectivity index (χ1v) is 7.58. The molecule has 1 aliphatic rings. The number of anilines is 1. The van der Waals surface area contributed by atoms with E-state index in [-0.39, 0.29) is 24.5 Å². The summed E-state index contributed by atoms with van der Waals surface area (Å²) in [6, 6.07) is 5.25. The minimum absolute atomic E-state index is 0.0322. The lowest BCUT2D eigenvalue weighted by molar-refractivity contribution is -0.121. The smallest absolute Gasteiger partial charge is 0.229 e. The lowest BCUT2D eigenvalue weighted by Gasteiger charge is -2.27. The van der Waals surface area contributed by atoms with Crippen molar-refractivity contribution in [3.05, 3.63) is 23.8 Å². The number of benzene rings is 1. The van der Waals surface area contributed by atoms with E-state index in [0.717, 1.165) is 25.7 Å². The molecule has 0 heterocycles. The summed E-state index contributed by atoms with van der Waals surface area (Å²) in [5.74, 6) is 0.491. The Bertz CT molecular complexity index is 490. The number of amides is 1. The van der Waals surface area contributed by atoms with Crippen molar-refractivity contribution in [2.45, 2.75) is 45.3 Å². The van der Waals surface area contributed by atoms with E-state index in [9.17, 15) is 9.90 Å². The van der Waals surface area contributed by atoms with Crippen LogP contribution in [0.5, 0.6) is 5.75 Å². The molecule has 2 atom stereocenters. The third-order valence-electron chi connectivity index (χ3n) is 3.95. The minimum Gasteiger partial charge on any atom is -0.494 e. The average Bonchev–Trinajstić information content (AvgIpc) is 2.49. The van der Waals surface area contributed by atoms with Crippen LogP contribution in [0, 0.1) is 5.92 Å². The van der Waals surface area contributed by atoms with Crippen molar-refractivity contribution >= 4 is 11.6 Å². The summed E-state index contributed by atoms with van der Waals surface area (Å²) >= 11 is 0. The van der Waals surface area contributed by atoms with Gasteiger partial charge >= 0.3 is 0 Å². The van der Waals surface area contributed by atoms with Crippen LogP contribution < -0.4 is 15.8 Å². The lowest BCUT2D eigenvalue weighted by Crippen LogP contribution is -2.40. The molecule has 1 amide bonds. The van der Waals surface area contributed by atoms with E-state index in [0.29, 0.717) is 23.6 Å². The summed E-state index contributed by atoms with van der Waals surface area (Å²) in [7, 11) is 0. The van der Waals surface area contributed by atoms with Crippen LogP contribution in [0.3, 0.4) is 0 Å². The van der Waals surface area contributed by atoms with Gasteiger partial charge < -0.3 is 20.9 Å². The van der Waals surface area contributed by atoms with E-state index >= 15 is 0 Å². The Morgan fingerprint density at radius 2 is 2.19 bits per heavy atom. The van der Waals surface area contributed by atoms with E-state index in [1.807, 2.05) is 6.92 Å². The second-order valence-electron chi connectivity index (χ2n) is 5.46. The van der Waals surface area contributed by atoms with E-state index in [4.69, 9.17) is 10.5 Å². The Labute approximate surface area is 125 Å². The van der Waals surface area contributed by atoms with Crippen LogP contribution in [0.4, 0.5) is 5.69 Å². The van der Waals surface area contributed by atoms with Crippen molar-refractivity contribution in [2.24, 2.45) is 11.7 Å². The molecule has 1 saturated carbocycles. The number of hydrogen-bond donors (Lipinski definition) is 3. The number of carbonyl (C=O) groups is 1. The molecule has 0 saturated heterocycles. The van der Waals surface area contributed by atoms with Crippen LogP contribution in [0.15, 0.2) is 18.2 Å². The molecular formula is C16H24N2O3. The fourth-order valence-corrected chi connectivity index (χ4v) is 2.80. The van der Waals surface area contributed by atoms with Crippen LogP contribution in [-0.4, -0.2) is 23.7 Å². The summed E-state index contributed by atoms with van der Waals surface area (Å²) in [6.07, 6.45) is 3.90. The zero-order valence-corrected chi connectivity index (χ0v) is 12.5. The van der Waals surface area contributed by atoms with Gasteiger partial charge in [0.15, 0.2) is 0 Å². The fourth-order valence-electron chi connectivity index (χ4n) is 2.80. The molecule has 0 aromatic heterocycles. The Hall–Kier alpha value is -1.59. The SMILES string of the molecule is CCOc1ccc(NC(=O)C2CCCCC2N)cc1CO. The van der Waals surface area contributed by atoms with Gasteiger partial charge in [0.1, 0.15) is 5.75 Å². The quantitative estimate of drug-likeness (QED) is 0.775. The van der Waals surface area contributed by atoms with Crippen LogP contribution in [0.1, 0.15) is 38.2 Å². The highest BCUT2D eigenvalue weighted by molar-refractivity contribution is 5.93. The van der Waals surface area contributed by atoms with Gasteiger partial charge in [-0.1, -0.05) is 12.8 Å². The number of ether oxygens (including phenoxy) is 1. The van der Waals surface area contributed by atoms with Gasteiger partial charge in [0.25, 0.3) is 0 Å². The van der Waals surface area contributed by atoms with Gasteiger partial charge in [0.2, 0.25) is 5.91 Å². The summed E-state index contributed by atoms with van der Waals surface area (Å²) in [5, 5.41) is 12.3. The van der Waals surface area contributed by atoms with E-state index in [1.165, 1.54) is 0 Å². The molecule has 1 aromatic rings. The molecule has 0 spiro atoms. The van der Waals surface area contributed by atoms with E-state index < -0.39 is 0 Å². The third-order valence-corrected chi connectivity index (χ3v) is 3.95. The Morgan fingerprint density at radius 3 is 2.86 bits per heavy atom. The zero-order chi connectivity index (χ0) is 15.2. The second-order valence-corrected chi connectivity index (χ2v) is 5.46. The molecule has 0 bridgehead atoms. The normalized spacial score (nSPS) is 21.9. The largest absolute Gasteiger partial charge is 0.494 e. The molecule has 5 nitrogen and oxygen atoms in total. The van der Waals surface area contributed by atoms with Gasteiger partial charge in [-0.15, -0.1) is 0 Å². The molecule has 0 radical (unpaired) electrons. The number of nitrogens with one attached hydrogen (secondary N) is 1. The van der Waals surface area contributed by atoms with Crippen LogP contribution in [0.25, 0.3) is 0 Å². The van der Waals surface area contributed by atoms with Gasteiger partial charge in [0, 0.05) is 17.3 Å².